The number of hydrogen-bond donors (Lipinski definition) is 2. The summed E-state index contributed by atoms with van der Waals surface area (Å²) in [5.41, 5.74) is 6.51. The van der Waals surface area contributed by atoms with Gasteiger partial charge in [-0.1, -0.05) is 23.7 Å². The molecule has 7 heteroatoms. The zero-order chi connectivity index (χ0) is 17.5. The standard InChI is InChI=1S/C17H17ClN2O3S/c1-23-15-7-6-13(18)9-14(15)17(22)20-19-16(21)12-5-3-4-11(8-12)10-24-2/h3-9H,10H2,1-2H3,(H,19,21)(H,20,22). The molecular formula is C17H17ClN2O3S. The molecule has 24 heavy (non-hydrogen) atoms. The number of carbonyl (C=O) groups is 2. The largest absolute Gasteiger partial charge is 0.496 e. The van der Waals surface area contributed by atoms with E-state index < -0.39 is 11.8 Å². The molecule has 2 aromatic carbocycles. The van der Waals surface area contributed by atoms with Gasteiger partial charge in [-0.2, -0.15) is 11.8 Å². The van der Waals surface area contributed by atoms with E-state index in [-0.39, 0.29) is 5.56 Å². The molecule has 2 amide bonds. The van der Waals surface area contributed by atoms with E-state index in [1.54, 1.807) is 36.0 Å². The Morgan fingerprint density at radius 2 is 1.88 bits per heavy atom. The Kier molecular flexibility index (Phi) is 6.52. The van der Waals surface area contributed by atoms with Crippen molar-refractivity contribution in [1.29, 1.82) is 0 Å². The molecule has 2 aromatic rings. The molecule has 0 atom stereocenters. The Morgan fingerprint density at radius 3 is 2.58 bits per heavy atom. The van der Waals surface area contributed by atoms with Crippen molar-refractivity contribution in [2.24, 2.45) is 0 Å². The maximum absolute atomic E-state index is 12.2. The van der Waals surface area contributed by atoms with Gasteiger partial charge in [-0.3, -0.25) is 20.4 Å². The third-order valence-electron chi connectivity index (χ3n) is 3.20. The smallest absolute Gasteiger partial charge is 0.273 e. The number of methoxy groups -OCH3 is 1. The van der Waals surface area contributed by atoms with E-state index in [0.717, 1.165) is 11.3 Å². The van der Waals surface area contributed by atoms with Crippen molar-refractivity contribution in [3.63, 3.8) is 0 Å². The number of carbonyl (C=O) groups excluding carboxylic acids is 2. The predicted molar refractivity (Wildman–Crippen MR) is 96.6 cm³/mol. The number of halogens is 1. The maximum Gasteiger partial charge on any atom is 0.273 e. The van der Waals surface area contributed by atoms with Crippen LogP contribution in [0.1, 0.15) is 26.3 Å². The summed E-state index contributed by atoms with van der Waals surface area (Å²) in [6.07, 6.45) is 1.99. The number of nitrogens with one attached hydrogen (secondary N) is 2. The van der Waals surface area contributed by atoms with Gasteiger partial charge in [0.05, 0.1) is 12.7 Å². The average molecular weight is 365 g/mol. The van der Waals surface area contributed by atoms with Gasteiger partial charge in [0.1, 0.15) is 5.75 Å². The number of amides is 2. The van der Waals surface area contributed by atoms with E-state index in [2.05, 4.69) is 10.9 Å². The lowest BCUT2D eigenvalue weighted by Crippen LogP contribution is -2.41. The summed E-state index contributed by atoms with van der Waals surface area (Å²) in [5.74, 6) is 0.274. The van der Waals surface area contributed by atoms with Crippen LogP contribution in [-0.2, 0) is 5.75 Å². The molecule has 2 rings (SSSR count). The second-order valence-corrected chi connectivity index (χ2v) is 6.19. The van der Waals surface area contributed by atoms with Gasteiger partial charge in [0.2, 0.25) is 0 Å². The van der Waals surface area contributed by atoms with Gasteiger partial charge in [-0.25, -0.2) is 0 Å². The number of rotatable bonds is 5. The molecule has 0 aliphatic carbocycles. The van der Waals surface area contributed by atoms with E-state index in [9.17, 15) is 9.59 Å². The number of hydrazine groups is 1. The molecule has 0 spiro atoms. The first-order valence-electron chi connectivity index (χ1n) is 7.07. The molecular weight excluding hydrogens is 348 g/mol. The summed E-state index contributed by atoms with van der Waals surface area (Å²) < 4.78 is 5.12. The highest BCUT2D eigenvalue weighted by Crippen LogP contribution is 2.22. The third-order valence-corrected chi connectivity index (χ3v) is 4.05. The van der Waals surface area contributed by atoms with Crippen molar-refractivity contribution >= 4 is 35.2 Å². The summed E-state index contributed by atoms with van der Waals surface area (Å²) in [6, 6.07) is 11.9. The Hall–Kier alpha value is -2.18. The van der Waals surface area contributed by atoms with Crippen LogP contribution in [0.3, 0.4) is 0 Å². The lowest BCUT2D eigenvalue weighted by Gasteiger charge is -2.11. The highest BCUT2D eigenvalue weighted by molar-refractivity contribution is 7.97. The van der Waals surface area contributed by atoms with Crippen molar-refractivity contribution in [3.05, 3.63) is 64.2 Å². The minimum atomic E-state index is -0.511. The van der Waals surface area contributed by atoms with Crippen LogP contribution in [0.5, 0.6) is 5.75 Å². The first kappa shape index (κ1) is 18.2. The van der Waals surface area contributed by atoms with Crippen LogP contribution in [0.4, 0.5) is 0 Å². The average Bonchev–Trinajstić information content (AvgIpc) is 2.60. The number of ether oxygens (including phenoxy) is 1. The monoisotopic (exact) mass is 364 g/mol. The fraction of sp³-hybridized carbons (Fsp3) is 0.176. The van der Waals surface area contributed by atoms with Gasteiger partial charge in [0.15, 0.2) is 0 Å². The molecule has 5 nitrogen and oxygen atoms in total. The van der Waals surface area contributed by atoms with E-state index >= 15 is 0 Å². The molecule has 0 unspecified atom stereocenters. The van der Waals surface area contributed by atoms with Gasteiger partial charge in [-0.05, 0) is 42.2 Å². The number of hydrogen-bond acceptors (Lipinski definition) is 4. The second-order valence-electron chi connectivity index (χ2n) is 4.89. The Morgan fingerprint density at radius 1 is 1.12 bits per heavy atom. The van der Waals surface area contributed by atoms with Crippen molar-refractivity contribution < 1.29 is 14.3 Å². The van der Waals surface area contributed by atoms with Crippen LogP contribution >= 0.6 is 23.4 Å². The maximum atomic E-state index is 12.2. The highest BCUT2D eigenvalue weighted by Gasteiger charge is 2.14. The lowest BCUT2D eigenvalue weighted by molar-refractivity contribution is 0.0845. The van der Waals surface area contributed by atoms with Gasteiger partial charge < -0.3 is 4.74 Å². The SMILES string of the molecule is COc1ccc(Cl)cc1C(=O)NNC(=O)c1cccc(CSC)c1. The van der Waals surface area contributed by atoms with Crippen LogP contribution in [-0.4, -0.2) is 25.2 Å². The Balaban J connectivity index is 2.05. The van der Waals surface area contributed by atoms with E-state index in [4.69, 9.17) is 16.3 Å². The van der Waals surface area contributed by atoms with Crippen LogP contribution in [0.25, 0.3) is 0 Å². The minimum Gasteiger partial charge on any atom is -0.496 e. The van der Waals surface area contributed by atoms with Crippen LogP contribution < -0.4 is 15.6 Å². The molecule has 2 N–H and O–H groups in total. The molecule has 0 saturated heterocycles. The summed E-state index contributed by atoms with van der Waals surface area (Å²) >= 11 is 7.57. The number of thioether (sulfide) groups is 1. The molecule has 0 aromatic heterocycles. The van der Waals surface area contributed by atoms with E-state index in [0.29, 0.717) is 16.3 Å². The fourth-order valence-corrected chi connectivity index (χ4v) is 2.76. The fourth-order valence-electron chi connectivity index (χ4n) is 2.08. The van der Waals surface area contributed by atoms with Crippen molar-refractivity contribution in [3.8, 4) is 5.75 Å². The zero-order valence-corrected chi connectivity index (χ0v) is 14.8. The molecule has 0 heterocycles. The van der Waals surface area contributed by atoms with Crippen LogP contribution in [0.15, 0.2) is 42.5 Å². The van der Waals surface area contributed by atoms with Crippen molar-refractivity contribution in [2.75, 3.05) is 13.4 Å². The normalized spacial score (nSPS) is 10.1. The van der Waals surface area contributed by atoms with Gasteiger partial charge in [-0.15, -0.1) is 0 Å². The molecule has 0 radical (unpaired) electrons. The van der Waals surface area contributed by atoms with Gasteiger partial charge in [0.25, 0.3) is 11.8 Å². The Labute approximate surface area is 149 Å². The van der Waals surface area contributed by atoms with Gasteiger partial charge in [0, 0.05) is 16.3 Å². The van der Waals surface area contributed by atoms with Crippen LogP contribution in [0, 0.1) is 0 Å². The minimum absolute atomic E-state index is 0.237. The van der Waals surface area contributed by atoms with Crippen LogP contribution in [0.2, 0.25) is 5.02 Å². The topological polar surface area (TPSA) is 67.4 Å². The van der Waals surface area contributed by atoms with Crippen molar-refractivity contribution in [1.82, 2.24) is 10.9 Å². The molecule has 0 aliphatic heterocycles. The number of benzene rings is 2. The highest BCUT2D eigenvalue weighted by atomic mass is 35.5. The summed E-state index contributed by atoms with van der Waals surface area (Å²) in [5, 5.41) is 0.400. The van der Waals surface area contributed by atoms with Crippen molar-refractivity contribution in [2.45, 2.75) is 5.75 Å². The third kappa shape index (κ3) is 4.66. The quantitative estimate of drug-likeness (QED) is 0.799. The molecule has 126 valence electrons. The summed E-state index contributed by atoms with van der Waals surface area (Å²) in [4.78, 5) is 24.4. The predicted octanol–water partition coefficient (Wildman–Crippen LogP) is 3.29. The van der Waals surface area contributed by atoms with E-state index in [1.807, 2.05) is 18.4 Å². The first-order chi connectivity index (χ1) is 11.5. The molecule has 0 saturated carbocycles. The molecule has 0 aliphatic rings. The molecule has 0 bridgehead atoms. The zero-order valence-electron chi connectivity index (χ0n) is 13.3. The van der Waals surface area contributed by atoms with Gasteiger partial charge >= 0.3 is 0 Å². The Bertz CT molecular complexity index is 752. The first-order valence-corrected chi connectivity index (χ1v) is 8.84. The summed E-state index contributed by atoms with van der Waals surface area (Å²) in [6.45, 7) is 0. The lowest BCUT2D eigenvalue weighted by atomic mass is 10.1. The second kappa shape index (κ2) is 8.61. The molecule has 0 fully saturated rings. The van der Waals surface area contributed by atoms with E-state index in [1.165, 1.54) is 13.2 Å². The summed E-state index contributed by atoms with van der Waals surface area (Å²) in [7, 11) is 1.45.